The van der Waals surface area contributed by atoms with E-state index in [-0.39, 0.29) is 18.7 Å². The first-order valence-electron chi connectivity index (χ1n) is 8.14. The Morgan fingerprint density at radius 1 is 1.08 bits per heavy atom. The monoisotopic (exact) mass is 327 g/mol. The Balaban J connectivity index is 1.63. The highest BCUT2D eigenvalue weighted by Gasteiger charge is 2.45. The van der Waals surface area contributed by atoms with Gasteiger partial charge in [-0.15, -0.1) is 0 Å². The van der Waals surface area contributed by atoms with E-state index in [9.17, 15) is 19.2 Å². The van der Waals surface area contributed by atoms with Crippen molar-refractivity contribution in [3.8, 4) is 0 Å². The van der Waals surface area contributed by atoms with E-state index in [0.29, 0.717) is 22.7 Å². The van der Waals surface area contributed by atoms with E-state index in [0.717, 1.165) is 11.4 Å². The average Bonchev–Trinajstić information content (AvgIpc) is 3.35. The molecule has 2 aliphatic heterocycles. The SMILES string of the molecule is O=C1CC[C@H](N2C(=O)c3cccc(NCC4CC4)c3C2=O)C(=O)N1. The Labute approximate surface area is 138 Å². The second-order valence-corrected chi connectivity index (χ2v) is 6.50. The molecule has 7 nitrogen and oxygen atoms in total. The van der Waals surface area contributed by atoms with E-state index in [4.69, 9.17) is 0 Å². The quantitative estimate of drug-likeness (QED) is 0.802. The van der Waals surface area contributed by atoms with Gasteiger partial charge in [-0.25, -0.2) is 0 Å². The molecule has 2 heterocycles. The zero-order valence-corrected chi connectivity index (χ0v) is 13.0. The van der Waals surface area contributed by atoms with Gasteiger partial charge in [-0.1, -0.05) is 6.07 Å². The maximum atomic E-state index is 12.8. The summed E-state index contributed by atoms with van der Waals surface area (Å²) in [6.07, 6.45) is 2.65. The third kappa shape index (κ3) is 2.36. The van der Waals surface area contributed by atoms with Gasteiger partial charge in [0.05, 0.1) is 11.1 Å². The zero-order valence-electron chi connectivity index (χ0n) is 13.0. The largest absolute Gasteiger partial charge is 0.384 e. The summed E-state index contributed by atoms with van der Waals surface area (Å²) in [4.78, 5) is 49.8. The van der Waals surface area contributed by atoms with Crippen molar-refractivity contribution in [3.05, 3.63) is 29.3 Å². The fourth-order valence-corrected chi connectivity index (χ4v) is 3.24. The zero-order chi connectivity index (χ0) is 16.8. The van der Waals surface area contributed by atoms with Crippen LogP contribution in [-0.4, -0.2) is 41.1 Å². The predicted molar refractivity (Wildman–Crippen MR) is 84.3 cm³/mol. The van der Waals surface area contributed by atoms with Crippen molar-refractivity contribution < 1.29 is 19.2 Å². The highest BCUT2D eigenvalue weighted by Crippen LogP contribution is 2.34. The lowest BCUT2D eigenvalue weighted by atomic mass is 10.0. The Morgan fingerprint density at radius 3 is 2.58 bits per heavy atom. The van der Waals surface area contributed by atoms with Gasteiger partial charge in [0.25, 0.3) is 11.8 Å². The molecule has 1 atom stereocenters. The number of hydrogen-bond donors (Lipinski definition) is 2. The van der Waals surface area contributed by atoms with Crippen LogP contribution in [0.25, 0.3) is 0 Å². The molecule has 1 saturated heterocycles. The van der Waals surface area contributed by atoms with Crippen molar-refractivity contribution in [2.45, 2.75) is 31.7 Å². The van der Waals surface area contributed by atoms with Crippen LogP contribution in [0.2, 0.25) is 0 Å². The van der Waals surface area contributed by atoms with Crippen LogP contribution in [0.15, 0.2) is 18.2 Å². The number of carbonyl (C=O) groups is 4. The fourth-order valence-electron chi connectivity index (χ4n) is 3.24. The molecule has 0 radical (unpaired) electrons. The van der Waals surface area contributed by atoms with Gasteiger partial charge in [0.15, 0.2) is 0 Å². The Morgan fingerprint density at radius 2 is 1.88 bits per heavy atom. The van der Waals surface area contributed by atoms with Gasteiger partial charge in [0.2, 0.25) is 11.8 Å². The highest BCUT2D eigenvalue weighted by atomic mass is 16.2. The van der Waals surface area contributed by atoms with E-state index in [1.807, 2.05) is 0 Å². The molecule has 2 fully saturated rings. The Kier molecular flexibility index (Phi) is 3.37. The van der Waals surface area contributed by atoms with Gasteiger partial charge < -0.3 is 5.32 Å². The fraction of sp³-hybridized carbons (Fsp3) is 0.412. The average molecular weight is 327 g/mol. The number of hydrogen-bond acceptors (Lipinski definition) is 5. The van der Waals surface area contributed by atoms with E-state index in [1.165, 1.54) is 12.8 Å². The predicted octanol–water partition coefficient (Wildman–Crippen LogP) is 0.910. The number of anilines is 1. The van der Waals surface area contributed by atoms with Crippen LogP contribution in [0.1, 0.15) is 46.4 Å². The topological polar surface area (TPSA) is 95.6 Å². The second-order valence-electron chi connectivity index (χ2n) is 6.50. The third-order valence-electron chi connectivity index (χ3n) is 4.75. The molecule has 7 heteroatoms. The minimum absolute atomic E-state index is 0.122. The molecule has 0 bridgehead atoms. The second kappa shape index (κ2) is 5.43. The maximum absolute atomic E-state index is 12.8. The van der Waals surface area contributed by atoms with E-state index < -0.39 is 23.8 Å². The third-order valence-corrected chi connectivity index (χ3v) is 4.75. The lowest BCUT2D eigenvalue weighted by Crippen LogP contribution is -2.54. The number of amides is 4. The van der Waals surface area contributed by atoms with Gasteiger partial charge in [-0.2, -0.15) is 0 Å². The molecule has 1 aromatic rings. The highest BCUT2D eigenvalue weighted by molar-refractivity contribution is 6.25. The first-order chi connectivity index (χ1) is 11.6. The summed E-state index contributed by atoms with van der Waals surface area (Å²) >= 11 is 0. The number of rotatable bonds is 4. The lowest BCUT2D eigenvalue weighted by molar-refractivity contribution is -0.136. The molecule has 1 saturated carbocycles. The molecule has 24 heavy (non-hydrogen) atoms. The van der Waals surface area contributed by atoms with Crippen LogP contribution in [0.4, 0.5) is 5.69 Å². The molecule has 4 rings (SSSR count). The van der Waals surface area contributed by atoms with Crippen molar-refractivity contribution in [3.63, 3.8) is 0 Å². The van der Waals surface area contributed by atoms with Gasteiger partial charge >= 0.3 is 0 Å². The summed E-state index contributed by atoms with van der Waals surface area (Å²) in [5, 5.41) is 5.44. The molecule has 4 amide bonds. The van der Waals surface area contributed by atoms with Crippen molar-refractivity contribution >= 4 is 29.3 Å². The summed E-state index contributed by atoms with van der Waals surface area (Å²) in [7, 11) is 0. The number of benzene rings is 1. The molecule has 1 aliphatic carbocycles. The molecule has 1 aromatic carbocycles. The molecule has 0 aromatic heterocycles. The molecular weight excluding hydrogens is 310 g/mol. The Bertz CT molecular complexity index is 769. The summed E-state index contributed by atoms with van der Waals surface area (Å²) < 4.78 is 0. The molecule has 0 spiro atoms. The minimum atomic E-state index is -0.925. The van der Waals surface area contributed by atoms with Crippen LogP contribution in [-0.2, 0) is 9.59 Å². The first-order valence-corrected chi connectivity index (χ1v) is 8.14. The number of piperidine rings is 1. The van der Waals surface area contributed by atoms with Gasteiger partial charge in [-0.3, -0.25) is 29.4 Å². The van der Waals surface area contributed by atoms with E-state index >= 15 is 0 Å². The lowest BCUT2D eigenvalue weighted by Gasteiger charge is -2.27. The molecule has 0 unspecified atom stereocenters. The normalized spacial score (nSPS) is 23.3. The van der Waals surface area contributed by atoms with E-state index in [2.05, 4.69) is 10.6 Å². The molecule has 124 valence electrons. The molecule has 3 aliphatic rings. The van der Waals surface area contributed by atoms with Crippen LogP contribution in [0.5, 0.6) is 0 Å². The summed E-state index contributed by atoms with van der Waals surface area (Å²) in [5.74, 6) is -1.28. The van der Waals surface area contributed by atoms with Gasteiger partial charge in [0, 0.05) is 18.7 Å². The first kappa shape index (κ1) is 14.9. The number of imide groups is 2. The number of nitrogens with one attached hydrogen (secondary N) is 2. The smallest absolute Gasteiger partial charge is 0.264 e. The summed E-state index contributed by atoms with van der Waals surface area (Å²) in [5.41, 5.74) is 1.27. The number of nitrogens with zero attached hydrogens (tertiary/aromatic N) is 1. The number of carbonyl (C=O) groups excluding carboxylic acids is 4. The Hall–Kier alpha value is -2.70. The summed E-state index contributed by atoms with van der Waals surface area (Å²) in [6.45, 7) is 0.774. The molecular formula is C17H17N3O4. The summed E-state index contributed by atoms with van der Waals surface area (Å²) in [6, 6.07) is 4.18. The van der Waals surface area contributed by atoms with Crippen molar-refractivity contribution in [1.29, 1.82) is 0 Å². The van der Waals surface area contributed by atoms with Crippen LogP contribution >= 0.6 is 0 Å². The standard InChI is InChI=1S/C17H17N3O4/c21-13-7-6-12(15(22)19-13)20-16(23)10-2-1-3-11(14(10)17(20)24)18-8-9-4-5-9/h1-3,9,12,18H,4-8H2,(H,19,21,22)/t12-/m0/s1. The van der Waals surface area contributed by atoms with Gasteiger partial charge in [0.1, 0.15) is 6.04 Å². The van der Waals surface area contributed by atoms with Crippen molar-refractivity contribution in [2.24, 2.45) is 5.92 Å². The van der Waals surface area contributed by atoms with Crippen LogP contribution < -0.4 is 10.6 Å². The number of fused-ring (bicyclic) bond motifs is 1. The maximum Gasteiger partial charge on any atom is 0.264 e. The minimum Gasteiger partial charge on any atom is -0.384 e. The van der Waals surface area contributed by atoms with Crippen molar-refractivity contribution in [2.75, 3.05) is 11.9 Å². The van der Waals surface area contributed by atoms with Crippen LogP contribution in [0.3, 0.4) is 0 Å². The molecule has 2 N–H and O–H groups in total. The van der Waals surface area contributed by atoms with Gasteiger partial charge in [-0.05, 0) is 37.3 Å². The van der Waals surface area contributed by atoms with Crippen molar-refractivity contribution in [1.82, 2.24) is 10.2 Å². The van der Waals surface area contributed by atoms with Crippen LogP contribution in [0, 0.1) is 5.92 Å². The van der Waals surface area contributed by atoms with E-state index in [1.54, 1.807) is 18.2 Å².